The van der Waals surface area contributed by atoms with Crippen LogP contribution in [0.2, 0.25) is 5.15 Å². The van der Waals surface area contributed by atoms with E-state index in [9.17, 15) is 4.79 Å². The molecule has 40 heavy (non-hydrogen) atoms. The Kier molecular flexibility index (Phi) is 7.61. The van der Waals surface area contributed by atoms with E-state index in [0.29, 0.717) is 34.2 Å². The number of aromatic nitrogens is 3. The summed E-state index contributed by atoms with van der Waals surface area (Å²) in [5.74, 6) is 0.766. The third-order valence-electron chi connectivity index (χ3n) is 6.45. The highest BCUT2D eigenvalue weighted by atomic mass is 35.5. The Hall–Kier alpha value is -4.96. The van der Waals surface area contributed by atoms with Gasteiger partial charge in [0, 0.05) is 42.2 Å². The minimum Gasteiger partial charge on any atom is -0.493 e. The number of benzene rings is 2. The number of pyridine rings is 1. The number of rotatable bonds is 8. The highest BCUT2D eigenvalue weighted by Gasteiger charge is 2.26. The topological polar surface area (TPSA) is 142 Å². The van der Waals surface area contributed by atoms with E-state index in [0.717, 1.165) is 22.3 Å². The quantitative estimate of drug-likeness (QED) is 0.183. The van der Waals surface area contributed by atoms with Crippen molar-refractivity contribution >= 4 is 35.4 Å². The molecule has 1 aliphatic heterocycles. The number of carbonyl (C=O) groups excluding carboxylic acids is 1. The number of nitrogens with zero attached hydrogens (tertiary/aromatic N) is 5. The lowest BCUT2D eigenvalue weighted by Crippen LogP contribution is -2.25. The molecule has 0 saturated heterocycles. The summed E-state index contributed by atoms with van der Waals surface area (Å²) in [6.45, 7) is 0. The van der Waals surface area contributed by atoms with Crippen molar-refractivity contribution in [1.29, 1.82) is 0 Å². The fourth-order valence-electron chi connectivity index (χ4n) is 4.55. The van der Waals surface area contributed by atoms with Gasteiger partial charge >= 0.3 is 0 Å². The molecule has 0 aliphatic carbocycles. The van der Waals surface area contributed by atoms with Gasteiger partial charge in [-0.2, -0.15) is 10.1 Å². The van der Waals surface area contributed by atoms with Crippen molar-refractivity contribution in [2.75, 3.05) is 25.7 Å². The predicted octanol–water partition coefficient (Wildman–Crippen LogP) is 4.43. The van der Waals surface area contributed by atoms with Crippen LogP contribution < -0.4 is 20.9 Å². The number of methoxy groups -OCH3 is 2. The van der Waals surface area contributed by atoms with Crippen LogP contribution in [0, 0.1) is 0 Å². The summed E-state index contributed by atoms with van der Waals surface area (Å²) in [5.41, 5.74) is 16.3. The van der Waals surface area contributed by atoms with Crippen LogP contribution in [0.4, 0.5) is 11.8 Å². The highest BCUT2D eigenvalue weighted by Crippen LogP contribution is 2.36. The molecule has 202 valence electrons. The second-order valence-corrected chi connectivity index (χ2v) is 9.33. The van der Waals surface area contributed by atoms with Crippen LogP contribution in [-0.2, 0) is 6.42 Å². The van der Waals surface area contributed by atoms with E-state index in [1.165, 1.54) is 20.3 Å². The molecule has 5 rings (SSSR count). The number of halogens is 1. The molecular weight excluding hydrogens is 530 g/mol. The first kappa shape index (κ1) is 26.6. The summed E-state index contributed by atoms with van der Waals surface area (Å²) < 4.78 is 11.1. The molecule has 4 N–H and O–H groups in total. The van der Waals surface area contributed by atoms with Crippen LogP contribution in [0.5, 0.6) is 11.5 Å². The summed E-state index contributed by atoms with van der Waals surface area (Å²) in [6.07, 6.45) is 8.47. The van der Waals surface area contributed by atoms with Gasteiger partial charge in [-0.3, -0.25) is 9.80 Å². The van der Waals surface area contributed by atoms with Crippen LogP contribution >= 0.6 is 11.6 Å². The van der Waals surface area contributed by atoms with Gasteiger partial charge in [-0.05, 0) is 34.9 Å². The van der Waals surface area contributed by atoms with Crippen LogP contribution in [0.1, 0.15) is 44.2 Å². The van der Waals surface area contributed by atoms with Crippen LogP contribution in [-0.4, -0.2) is 46.2 Å². The standard InChI is InChI=1S/C29H26ClN7O3/c1-39-24-13-17(11-20-15-34-29(32)36-28(20)31)12-22(27(24)40-2)23(38)9-10-37-26(19-7-8-25(30)33-14-19)21-6-4-3-5-18(21)16-35-37/h3-10,12-16,26H,11H2,1-2H3,(H4,31,32,34,36)/b10-9+. The zero-order valence-electron chi connectivity index (χ0n) is 21.8. The lowest BCUT2D eigenvalue weighted by Gasteiger charge is -2.31. The Morgan fingerprint density at radius 2 is 1.90 bits per heavy atom. The number of hydrazone groups is 1. The fourth-order valence-corrected chi connectivity index (χ4v) is 4.66. The summed E-state index contributed by atoms with van der Waals surface area (Å²) in [7, 11) is 3.00. The molecule has 0 spiro atoms. The van der Waals surface area contributed by atoms with E-state index >= 15 is 0 Å². The van der Waals surface area contributed by atoms with Crippen molar-refractivity contribution in [1.82, 2.24) is 20.0 Å². The lowest BCUT2D eigenvalue weighted by molar-refractivity contribution is 0.104. The van der Waals surface area contributed by atoms with E-state index in [1.807, 2.05) is 30.3 Å². The van der Waals surface area contributed by atoms with E-state index < -0.39 is 0 Å². The van der Waals surface area contributed by atoms with Crippen molar-refractivity contribution in [3.8, 4) is 11.5 Å². The Balaban J connectivity index is 1.49. The van der Waals surface area contributed by atoms with Crippen LogP contribution in [0.3, 0.4) is 0 Å². The smallest absolute Gasteiger partial charge is 0.221 e. The van der Waals surface area contributed by atoms with E-state index in [1.54, 1.807) is 48.0 Å². The SMILES string of the molecule is COc1cc(Cc2cnc(N)nc2N)cc(C(=O)/C=C/N2N=Cc3ccccc3C2c2ccc(Cl)nc2)c1OC. The molecule has 0 fully saturated rings. The number of allylic oxidation sites excluding steroid dienone is 1. The second kappa shape index (κ2) is 11.4. The maximum Gasteiger partial charge on any atom is 0.221 e. The fraction of sp³-hybridized carbons (Fsp3) is 0.138. The van der Waals surface area contributed by atoms with Crippen LogP contribution in [0.15, 0.2) is 78.3 Å². The first-order valence-corrected chi connectivity index (χ1v) is 12.6. The third-order valence-corrected chi connectivity index (χ3v) is 6.67. The Bertz CT molecular complexity index is 1620. The van der Waals surface area contributed by atoms with Crippen molar-refractivity contribution in [3.05, 3.63) is 112 Å². The predicted molar refractivity (Wildman–Crippen MR) is 154 cm³/mol. The molecule has 2 aromatic carbocycles. The van der Waals surface area contributed by atoms with Gasteiger partial charge in [0.15, 0.2) is 17.3 Å². The highest BCUT2D eigenvalue weighted by molar-refractivity contribution is 6.29. The Labute approximate surface area is 235 Å². The largest absolute Gasteiger partial charge is 0.493 e. The van der Waals surface area contributed by atoms with Crippen molar-refractivity contribution < 1.29 is 14.3 Å². The average molecular weight is 556 g/mol. The van der Waals surface area contributed by atoms with Gasteiger partial charge in [-0.25, -0.2) is 9.97 Å². The second-order valence-electron chi connectivity index (χ2n) is 8.94. The Morgan fingerprint density at radius 1 is 1.07 bits per heavy atom. The minimum atomic E-state index is -0.314. The van der Waals surface area contributed by atoms with Crippen molar-refractivity contribution in [2.45, 2.75) is 12.5 Å². The number of nitrogens with two attached hydrogens (primary N) is 2. The molecule has 4 aromatic rings. The number of fused-ring (bicyclic) bond motifs is 1. The van der Waals surface area contributed by atoms with Crippen molar-refractivity contribution in [3.63, 3.8) is 0 Å². The molecular formula is C29H26ClN7O3. The maximum absolute atomic E-state index is 13.6. The number of hydrogen-bond donors (Lipinski definition) is 2. The number of ketones is 1. The summed E-state index contributed by atoms with van der Waals surface area (Å²) in [4.78, 5) is 25.9. The molecule has 11 heteroatoms. The monoisotopic (exact) mass is 555 g/mol. The molecule has 0 radical (unpaired) electrons. The number of carbonyl (C=O) groups is 1. The van der Waals surface area contributed by atoms with Crippen molar-refractivity contribution in [2.24, 2.45) is 5.10 Å². The zero-order chi connectivity index (χ0) is 28.2. The molecule has 1 unspecified atom stereocenters. The van der Waals surface area contributed by atoms with Crippen LogP contribution in [0.25, 0.3) is 0 Å². The van der Waals surface area contributed by atoms with Gasteiger partial charge in [0.1, 0.15) is 17.0 Å². The van der Waals surface area contributed by atoms with Gasteiger partial charge in [-0.15, -0.1) is 0 Å². The summed E-state index contributed by atoms with van der Waals surface area (Å²) in [5, 5.41) is 6.70. The van der Waals surface area contributed by atoms with Gasteiger partial charge in [-0.1, -0.05) is 41.9 Å². The molecule has 3 heterocycles. The first-order valence-electron chi connectivity index (χ1n) is 12.2. The van der Waals surface area contributed by atoms with Gasteiger partial charge < -0.3 is 20.9 Å². The van der Waals surface area contributed by atoms with Gasteiger partial charge in [0.25, 0.3) is 0 Å². The minimum absolute atomic E-state index is 0.0882. The molecule has 2 aromatic heterocycles. The molecule has 10 nitrogen and oxygen atoms in total. The van der Waals surface area contributed by atoms with Gasteiger partial charge in [0.2, 0.25) is 5.95 Å². The number of nitrogen functional groups attached to an aromatic ring is 2. The van der Waals surface area contributed by atoms with E-state index in [4.69, 9.17) is 32.5 Å². The number of hydrogen-bond acceptors (Lipinski definition) is 10. The normalized spacial score (nSPS) is 14.3. The first-order chi connectivity index (χ1) is 19.4. The maximum atomic E-state index is 13.6. The van der Waals surface area contributed by atoms with E-state index in [-0.39, 0.29) is 23.6 Å². The number of anilines is 2. The molecule has 1 aliphatic rings. The van der Waals surface area contributed by atoms with Gasteiger partial charge in [0.05, 0.1) is 26.0 Å². The Morgan fingerprint density at radius 3 is 2.62 bits per heavy atom. The molecule has 0 amide bonds. The lowest BCUT2D eigenvalue weighted by atomic mass is 9.94. The molecule has 0 bridgehead atoms. The average Bonchev–Trinajstić information content (AvgIpc) is 2.97. The molecule has 1 atom stereocenters. The summed E-state index contributed by atoms with van der Waals surface area (Å²) >= 11 is 6.04. The number of ether oxygens (including phenoxy) is 2. The third kappa shape index (κ3) is 5.43. The van der Waals surface area contributed by atoms with E-state index in [2.05, 4.69) is 20.1 Å². The molecule has 0 saturated carbocycles. The summed E-state index contributed by atoms with van der Waals surface area (Å²) in [6, 6.07) is 14.7. The zero-order valence-corrected chi connectivity index (χ0v) is 22.5.